The van der Waals surface area contributed by atoms with Gasteiger partial charge in [-0.05, 0) is 30.5 Å². The zero-order valence-corrected chi connectivity index (χ0v) is 11.9. The number of sulfone groups is 1. The van der Waals surface area contributed by atoms with Gasteiger partial charge < -0.3 is 9.84 Å². The molecule has 0 aliphatic heterocycles. The van der Waals surface area contributed by atoms with E-state index in [4.69, 9.17) is 9.84 Å². The molecular formula is C13H20O4S. The summed E-state index contributed by atoms with van der Waals surface area (Å²) in [7, 11) is -2.99. The van der Waals surface area contributed by atoms with Crippen molar-refractivity contribution in [3.8, 4) is 5.75 Å². The van der Waals surface area contributed by atoms with Gasteiger partial charge in [-0.1, -0.05) is 19.1 Å². The quantitative estimate of drug-likeness (QED) is 0.854. The minimum absolute atomic E-state index is 0.00776. The van der Waals surface area contributed by atoms with Gasteiger partial charge in [0, 0.05) is 5.75 Å². The molecular weight excluding hydrogens is 252 g/mol. The Kier molecular flexibility index (Phi) is 5.16. The van der Waals surface area contributed by atoms with Crippen molar-refractivity contribution < 1.29 is 18.3 Å². The van der Waals surface area contributed by atoms with Gasteiger partial charge in [-0.15, -0.1) is 0 Å². The molecule has 18 heavy (non-hydrogen) atoms. The third kappa shape index (κ3) is 3.99. The molecule has 0 heterocycles. The van der Waals surface area contributed by atoms with Crippen LogP contribution < -0.4 is 4.74 Å². The van der Waals surface area contributed by atoms with E-state index in [1.165, 1.54) is 0 Å². The molecule has 0 unspecified atom stereocenters. The van der Waals surface area contributed by atoms with Gasteiger partial charge in [0.25, 0.3) is 0 Å². The lowest BCUT2D eigenvalue weighted by Gasteiger charge is -2.13. The average molecular weight is 272 g/mol. The summed E-state index contributed by atoms with van der Waals surface area (Å²) in [6.07, 6.45) is 0. The topological polar surface area (TPSA) is 63.6 Å². The number of aryl methyl sites for hydroxylation is 2. The Balaban J connectivity index is 2.74. The fourth-order valence-corrected chi connectivity index (χ4v) is 2.40. The first-order chi connectivity index (χ1) is 8.39. The molecule has 0 atom stereocenters. The molecule has 102 valence electrons. The Labute approximate surface area is 109 Å². The third-order valence-electron chi connectivity index (χ3n) is 2.78. The summed E-state index contributed by atoms with van der Waals surface area (Å²) in [5.74, 6) is 0.876. The SMILES string of the molecule is CCS(=O)(=O)CCOc1c(C)cc(CO)cc1C. The molecule has 0 aliphatic carbocycles. The molecule has 1 aromatic carbocycles. The molecule has 1 N–H and O–H groups in total. The second-order valence-corrected chi connectivity index (χ2v) is 6.77. The highest BCUT2D eigenvalue weighted by Gasteiger charge is 2.10. The number of hydrogen-bond acceptors (Lipinski definition) is 4. The van der Waals surface area contributed by atoms with Crippen LogP contribution in [0, 0.1) is 13.8 Å². The van der Waals surface area contributed by atoms with Crippen LogP contribution in [-0.4, -0.2) is 31.6 Å². The molecule has 0 bridgehead atoms. The van der Waals surface area contributed by atoms with E-state index in [1.807, 2.05) is 26.0 Å². The molecule has 0 saturated heterocycles. The Morgan fingerprint density at radius 3 is 2.22 bits per heavy atom. The molecule has 1 aromatic rings. The number of aliphatic hydroxyl groups excluding tert-OH is 1. The van der Waals surface area contributed by atoms with Crippen LogP contribution in [0.5, 0.6) is 5.75 Å². The van der Waals surface area contributed by atoms with E-state index < -0.39 is 9.84 Å². The van der Waals surface area contributed by atoms with Gasteiger partial charge >= 0.3 is 0 Å². The van der Waals surface area contributed by atoms with Gasteiger partial charge in [-0.2, -0.15) is 0 Å². The predicted octanol–water partition coefficient (Wildman–Crippen LogP) is 1.61. The minimum Gasteiger partial charge on any atom is -0.492 e. The average Bonchev–Trinajstić information content (AvgIpc) is 2.32. The summed E-state index contributed by atoms with van der Waals surface area (Å²) in [5, 5.41) is 9.07. The van der Waals surface area contributed by atoms with Crippen LogP contribution >= 0.6 is 0 Å². The first-order valence-corrected chi connectivity index (χ1v) is 7.76. The van der Waals surface area contributed by atoms with Gasteiger partial charge in [-0.25, -0.2) is 8.42 Å². The highest BCUT2D eigenvalue weighted by atomic mass is 32.2. The fourth-order valence-electron chi connectivity index (χ4n) is 1.77. The van der Waals surface area contributed by atoms with Crippen LogP contribution in [0.2, 0.25) is 0 Å². The molecule has 0 amide bonds. The van der Waals surface area contributed by atoms with Crippen LogP contribution in [0.15, 0.2) is 12.1 Å². The highest BCUT2D eigenvalue weighted by Crippen LogP contribution is 2.24. The van der Waals surface area contributed by atoms with Gasteiger partial charge in [0.1, 0.15) is 12.4 Å². The monoisotopic (exact) mass is 272 g/mol. The normalized spacial score (nSPS) is 11.6. The zero-order valence-electron chi connectivity index (χ0n) is 11.1. The maximum Gasteiger partial charge on any atom is 0.153 e. The maximum atomic E-state index is 11.3. The van der Waals surface area contributed by atoms with Crippen LogP contribution in [0.3, 0.4) is 0 Å². The van der Waals surface area contributed by atoms with E-state index in [1.54, 1.807) is 6.92 Å². The Morgan fingerprint density at radius 1 is 1.22 bits per heavy atom. The van der Waals surface area contributed by atoms with Crippen molar-refractivity contribution in [2.45, 2.75) is 27.4 Å². The van der Waals surface area contributed by atoms with Crippen LogP contribution in [0.1, 0.15) is 23.6 Å². The molecule has 0 radical (unpaired) electrons. The van der Waals surface area contributed by atoms with Crippen molar-refractivity contribution in [1.82, 2.24) is 0 Å². The standard InChI is InChI=1S/C13H20O4S/c1-4-18(15,16)6-5-17-13-10(2)7-12(9-14)8-11(13)3/h7-8,14H,4-6,9H2,1-3H3. The summed E-state index contributed by atoms with van der Waals surface area (Å²) in [5.41, 5.74) is 2.65. The summed E-state index contributed by atoms with van der Waals surface area (Å²) >= 11 is 0. The summed E-state index contributed by atoms with van der Waals surface area (Å²) in [6.45, 7) is 5.55. The van der Waals surface area contributed by atoms with E-state index in [-0.39, 0.29) is 24.7 Å². The van der Waals surface area contributed by atoms with Crippen molar-refractivity contribution in [3.05, 3.63) is 28.8 Å². The third-order valence-corrected chi connectivity index (χ3v) is 4.45. The van der Waals surface area contributed by atoms with Crippen LogP contribution in [-0.2, 0) is 16.4 Å². The second-order valence-electron chi connectivity index (χ2n) is 4.30. The van der Waals surface area contributed by atoms with Gasteiger partial charge in [0.15, 0.2) is 9.84 Å². The lowest BCUT2D eigenvalue weighted by molar-refractivity contribution is 0.281. The number of hydrogen-bond donors (Lipinski definition) is 1. The Morgan fingerprint density at radius 2 is 1.78 bits per heavy atom. The number of aliphatic hydroxyl groups is 1. The van der Waals surface area contributed by atoms with Gasteiger partial charge in [0.05, 0.1) is 12.4 Å². The lowest BCUT2D eigenvalue weighted by Crippen LogP contribution is -2.16. The molecule has 0 aliphatic rings. The van der Waals surface area contributed by atoms with E-state index in [2.05, 4.69) is 0 Å². The minimum atomic E-state index is -2.99. The van der Waals surface area contributed by atoms with E-state index in [0.717, 1.165) is 16.7 Å². The van der Waals surface area contributed by atoms with Crippen LogP contribution in [0.25, 0.3) is 0 Å². The largest absolute Gasteiger partial charge is 0.492 e. The smallest absolute Gasteiger partial charge is 0.153 e. The number of rotatable bonds is 6. The first kappa shape index (κ1) is 15.0. The van der Waals surface area contributed by atoms with E-state index in [9.17, 15) is 8.42 Å². The van der Waals surface area contributed by atoms with Crippen molar-refractivity contribution in [2.75, 3.05) is 18.1 Å². The first-order valence-electron chi connectivity index (χ1n) is 5.94. The molecule has 0 aromatic heterocycles. The lowest BCUT2D eigenvalue weighted by atomic mass is 10.1. The molecule has 4 nitrogen and oxygen atoms in total. The molecule has 1 rings (SSSR count). The Hall–Kier alpha value is -1.07. The second kappa shape index (κ2) is 6.20. The van der Waals surface area contributed by atoms with Crippen molar-refractivity contribution in [2.24, 2.45) is 0 Å². The van der Waals surface area contributed by atoms with Crippen LogP contribution in [0.4, 0.5) is 0 Å². The molecule has 5 heteroatoms. The van der Waals surface area contributed by atoms with E-state index >= 15 is 0 Å². The molecule has 0 spiro atoms. The summed E-state index contributed by atoms with van der Waals surface area (Å²) in [6, 6.07) is 3.69. The van der Waals surface area contributed by atoms with Gasteiger partial charge in [0.2, 0.25) is 0 Å². The number of benzene rings is 1. The maximum absolute atomic E-state index is 11.3. The molecule has 0 fully saturated rings. The fraction of sp³-hybridized carbons (Fsp3) is 0.538. The van der Waals surface area contributed by atoms with Crippen molar-refractivity contribution in [3.63, 3.8) is 0 Å². The summed E-state index contributed by atoms with van der Waals surface area (Å²) < 4.78 is 28.2. The highest BCUT2D eigenvalue weighted by molar-refractivity contribution is 7.91. The summed E-state index contributed by atoms with van der Waals surface area (Å²) in [4.78, 5) is 0. The molecule has 0 saturated carbocycles. The Bertz CT molecular complexity index is 483. The van der Waals surface area contributed by atoms with Gasteiger partial charge in [-0.3, -0.25) is 0 Å². The van der Waals surface area contributed by atoms with E-state index in [0.29, 0.717) is 5.75 Å². The predicted molar refractivity (Wildman–Crippen MR) is 71.7 cm³/mol. The van der Waals surface area contributed by atoms with Crippen molar-refractivity contribution in [1.29, 1.82) is 0 Å². The van der Waals surface area contributed by atoms with Crippen molar-refractivity contribution >= 4 is 9.84 Å². The zero-order chi connectivity index (χ0) is 13.8. The number of ether oxygens (including phenoxy) is 1.